The summed E-state index contributed by atoms with van der Waals surface area (Å²) < 4.78 is 6.16. The summed E-state index contributed by atoms with van der Waals surface area (Å²) in [6.45, 7) is 16.2. The molecule has 1 saturated carbocycles. The van der Waals surface area contributed by atoms with E-state index in [1.165, 1.54) is 6.42 Å². The smallest absolute Gasteiger partial charge is 0.184 e. The second kappa shape index (κ2) is 2.83. The van der Waals surface area contributed by atoms with Crippen LogP contribution in [-0.4, -0.2) is 14.4 Å². The molecule has 1 unspecified atom stereocenters. The molecule has 1 aliphatic rings. The molecule has 0 aromatic carbocycles. The molecular formula is C11H24OSi. The van der Waals surface area contributed by atoms with Crippen LogP contribution in [0.3, 0.4) is 0 Å². The van der Waals surface area contributed by atoms with Crippen molar-refractivity contribution in [3.05, 3.63) is 0 Å². The first-order valence-electron chi connectivity index (χ1n) is 5.24. The third-order valence-corrected chi connectivity index (χ3v) is 4.73. The molecule has 78 valence electrons. The predicted octanol–water partition coefficient (Wildman–Crippen LogP) is 3.66. The van der Waals surface area contributed by atoms with Crippen LogP contribution in [0.25, 0.3) is 0 Å². The zero-order chi connectivity index (χ0) is 10.5. The van der Waals surface area contributed by atoms with Crippen molar-refractivity contribution in [1.29, 1.82) is 0 Å². The van der Waals surface area contributed by atoms with Gasteiger partial charge in [-0.15, -0.1) is 0 Å². The zero-order valence-corrected chi connectivity index (χ0v) is 11.2. The molecule has 13 heavy (non-hydrogen) atoms. The average molecular weight is 200 g/mol. The van der Waals surface area contributed by atoms with Crippen LogP contribution in [0.4, 0.5) is 0 Å². The summed E-state index contributed by atoms with van der Waals surface area (Å²) in [6, 6.07) is 0. The molecule has 0 aromatic rings. The fourth-order valence-electron chi connectivity index (χ4n) is 1.90. The SMILES string of the molecule is CC1(C)CC(O[Si](C)(C)C)C1(C)C. The lowest BCUT2D eigenvalue weighted by atomic mass is 9.51. The third-order valence-electron chi connectivity index (χ3n) is 3.74. The molecule has 2 heteroatoms. The van der Waals surface area contributed by atoms with Crippen molar-refractivity contribution in [3.8, 4) is 0 Å². The van der Waals surface area contributed by atoms with Gasteiger partial charge in [-0.3, -0.25) is 0 Å². The fourth-order valence-corrected chi connectivity index (χ4v) is 3.13. The van der Waals surface area contributed by atoms with Gasteiger partial charge in [0.2, 0.25) is 0 Å². The summed E-state index contributed by atoms with van der Waals surface area (Å²) in [4.78, 5) is 0. The highest BCUT2D eigenvalue weighted by Gasteiger charge is 2.55. The molecule has 0 aliphatic heterocycles. The van der Waals surface area contributed by atoms with Gasteiger partial charge in [0.15, 0.2) is 8.32 Å². The lowest BCUT2D eigenvalue weighted by Gasteiger charge is -2.59. The highest BCUT2D eigenvalue weighted by molar-refractivity contribution is 6.69. The van der Waals surface area contributed by atoms with Crippen molar-refractivity contribution in [2.45, 2.75) is 59.9 Å². The summed E-state index contributed by atoms with van der Waals surface area (Å²) in [6.07, 6.45) is 1.72. The van der Waals surface area contributed by atoms with Crippen molar-refractivity contribution >= 4 is 8.32 Å². The minimum atomic E-state index is -1.34. The largest absolute Gasteiger partial charge is 0.414 e. The predicted molar refractivity (Wildman–Crippen MR) is 60.4 cm³/mol. The number of hydrogen-bond donors (Lipinski definition) is 0. The van der Waals surface area contributed by atoms with Crippen molar-refractivity contribution in [2.75, 3.05) is 0 Å². The Balaban J connectivity index is 2.60. The number of hydrogen-bond acceptors (Lipinski definition) is 1. The summed E-state index contributed by atoms with van der Waals surface area (Å²) >= 11 is 0. The standard InChI is InChI=1S/C11H24OSi/c1-10(2)8-9(11(10,3)4)12-13(5,6)7/h9H,8H2,1-7H3. The maximum Gasteiger partial charge on any atom is 0.184 e. The van der Waals surface area contributed by atoms with Crippen LogP contribution in [0.5, 0.6) is 0 Å². The maximum atomic E-state index is 6.16. The lowest BCUT2D eigenvalue weighted by Crippen LogP contribution is -2.58. The minimum absolute atomic E-state index is 0.354. The zero-order valence-electron chi connectivity index (χ0n) is 10.2. The Morgan fingerprint density at radius 3 is 1.77 bits per heavy atom. The van der Waals surface area contributed by atoms with Crippen LogP contribution < -0.4 is 0 Å². The lowest BCUT2D eigenvalue weighted by molar-refractivity contribution is -0.141. The molecule has 0 amide bonds. The second-order valence-electron chi connectivity index (χ2n) is 6.53. The molecular weight excluding hydrogens is 176 g/mol. The highest BCUT2D eigenvalue weighted by Crippen LogP contribution is 2.57. The van der Waals surface area contributed by atoms with Crippen LogP contribution in [0, 0.1) is 10.8 Å². The van der Waals surface area contributed by atoms with Crippen LogP contribution in [0.1, 0.15) is 34.1 Å². The Morgan fingerprint density at radius 1 is 1.08 bits per heavy atom. The fraction of sp³-hybridized carbons (Fsp3) is 1.00. The van der Waals surface area contributed by atoms with Gasteiger partial charge < -0.3 is 4.43 Å². The van der Waals surface area contributed by atoms with E-state index in [0.29, 0.717) is 16.9 Å². The molecule has 1 fully saturated rings. The van der Waals surface area contributed by atoms with E-state index >= 15 is 0 Å². The van der Waals surface area contributed by atoms with Crippen molar-refractivity contribution in [3.63, 3.8) is 0 Å². The summed E-state index contributed by atoms with van der Waals surface area (Å²) in [5.41, 5.74) is 0.810. The summed E-state index contributed by atoms with van der Waals surface area (Å²) in [5.74, 6) is 0. The van der Waals surface area contributed by atoms with E-state index in [-0.39, 0.29) is 0 Å². The van der Waals surface area contributed by atoms with Gasteiger partial charge in [0.05, 0.1) is 6.10 Å². The van der Waals surface area contributed by atoms with Crippen molar-refractivity contribution < 1.29 is 4.43 Å². The summed E-state index contributed by atoms with van der Waals surface area (Å²) in [7, 11) is -1.34. The number of rotatable bonds is 2. The van der Waals surface area contributed by atoms with Gasteiger partial charge in [0.1, 0.15) is 0 Å². The van der Waals surface area contributed by atoms with Crippen LogP contribution in [-0.2, 0) is 4.43 Å². The van der Waals surface area contributed by atoms with Crippen LogP contribution >= 0.6 is 0 Å². The molecule has 0 radical (unpaired) electrons. The first-order valence-corrected chi connectivity index (χ1v) is 8.65. The van der Waals surface area contributed by atoms with E-state index < -0.39 is 8.32 Å². The Bertz CT molecular complexity index is 201. The molecule has 1 rings (SSSR count). The van der Waals surface area contributed by atoms with Crippen molar-refractivity contribution in [1.82, 2.24) is 0 Å². The quantitative estimate of drug-likeness (QED) is 0.618. The van der Waals surface area contributed by atoms with Gasteiger partial charge in [-0.05, 0) is 36.9 Å². The van der Waals surface area contributed by atoms with Gasteiger partial charge in [-0.1, -0.05) is 27.7 Å². The van der Waals surface area contributed by atoms with Gasteiger partial charge in [-0.25, -0.2) is 0 Å². The summed E-state index contributed by atoms with van der Waals surface area (Å²) in [5, 5.41) is 0. The molecule has 0 N–H and O–H groups in total. The molecule has 1 aliphatic carbocycles. The first-order chi connectivity index (χ1) is 5.56. The normalized spacial score (nSPS) is 31.2. The Hall–Kier alpha value is 0.177. The monoisotopic (exact) mass is 200 g/mol. The third kappa shape index (κ3) is 1.99. The van der Waals surface area contributed by atoms with Crippen molar-refractivity contribution in [2.24, 2.45) is 10.8 Å². The molecule has 1 nitrogen and oxygen atoms in total. The highest BCUT2D eigenvalue weighted by atomic mass is 28.4. The molecule has 0 aromatic heterocycles. The average Bonchev–Trinajstić information content (AvgIpc) is 1.82. The molecule has 0 heterocycles. The first kappa shape index (κ1) is 11.3. The van der Waals surface area contributed by atoms with Crippen LogP contribution in [0.15, 0.2) is 0 Å². The van der Waals surface area contributed by atoms with E-state index in [1.54, 1.807) is 0 Å². The van der Waals surface area contributed by atoms with Gasteiger partial charge in [0.25, 0.3) is 0 Å². The van der Waals surface area contributed by atoms with E-state index in [9.17, 15) is 0 Å². The van der Waals surface area contributed by atoms with Gasteiger partial charge in [0, 0.05) is 0 Å². The van der Waals surface area contributed by atoms with E-state index in [1.807, 2.05) is 0 Å². The minimum Gasteiger partial charge on any atom is -0.414 e. The molecule has 0 saturated heterocycles. The molecule has 0 bridgehead atoms. The maximum absolute atomic E-state index is 6.16. The molecule has 0 spiro atoms. The van der Waals surface area contributed by atoms with Gasteiger partial charge in [-0.2, -0.15) is 0 Å². The topological polar surface area (TPSA) is 9.23 Å². The van der Waals surface area contributed by atoms with E-state index in [0.717, 1.165) is 0 Å². The van der Waals surface area contributed by atoms with E-state index in [2.05, 4.69) is 47.3 Å². The second-order valence-corrected chi connectivity index (χ2v) is 11.0. The Labute approximate surface area is 84.0 Å². The van der Waals surface area contributed by atoms with Crippen LogP contribution in [0.2, 0.25) is 19.6 Å². The molecule has 1 atom stereocenters. The van der Waals surface area contributed by atoms with E-state index in [4.69, 9.17) is 4.43 Å². The van der Waals surface area contributed by atoms with Gasteiger partial charge >= 0.3 is 0 Å². The Kier molecular flexibility index (Phi) is 2.45. The Morgan fingerprint density at radius 2 is 1.54 bits per heavy atom.